The van der Waals surface area contributed by atoms with Crippen LogP contribution in [0.1, 0.15) is 19.6 Å². The van der Waals surface area contributed by atoms with Crippen molar-refractivity contribution in [2.45, 2.75) is 37.9 Å². The molecule has 23 heavy (non-hydrogen) atoms. The maximum Gasteiger partial charge on any atom is 0.224 e. The number of fused-ring (bicyclic) bond motifs is 1. The monoisotopic (exact) mass is 324 g/mol. The largest absolute Gasteiger partial charge is 0.394 e. The van der Waals surface area contributed by atoms with E-state index in [1.54, 1.807) is 0 Å². The fourth-order valence-electron chi connectivity index (χ4n) is 2.60. The molecule has 2 aromatic rings. The van der Waals surface area contributed by atoms with E-state index in [1.807, 2.05) is 6.92 Å². The second-order valence-corrected chi connectivity index (χ2v) is 5.41. The third kappa shape index (κ3) is 2.70. The number of hydrogen-bond acceptors (Lipinski definition) is 9. The molecule has 10 nitrogen and oxygen atoms in total. The van der Waals surface area contributed by atoms with E-state index in [9.17, 15) is 15.3 Å². The molecule has 0 radical (unpaired) electrons. The highest BCUT2D eigenvalue weighted by molar-refractivity contribution is 5.84. The Balaban J connectivity index is 2.01. The lowest BCUT2D eigenvalue weighted by Gasteiger charge is -2.16. The van der Waals surface area contributed by atoms with Crippen LogP contribution in [0.25, 0.3) is 11.2 Å². The van der Waals surface area contributed by atoms with E-state index in [4.69, 9.17) is 10.5 Å². The number of ether oxygens (including phenoxy) is 1. The van der Waals surface area contributed by atoms with Crippen LogP contribution in [0.3, 0.4) is 0 Å². The molecule has 0 aromatic carbocycles. The van der Waals surface area contributed by atoms with Gasteiger partial charge < -0.3 is 31.1 Å². The third-order valence-corrected chi connectivity index (χ3v) is 3.77. The summed E-state index contributed by atoms with van der Waals surface area (Å²) in [6, 6.07) is 0. The molecule has 1 aliphatic rings. The zero-order valence-corrected chi connectivity index (χ0v) is 12.6. The first-order valence-electron chi connectivity index (χ1n) is 7.43. The molecule has 1 saturated heterocycles. The minimum Gasteiger partial charge on any atom is -0.394 e. The first-order valence-corrected chi connectivity index (χ1v) is 7.43. The van der Waals surface area contributed by atoms with E-state index in [0.717, 1.165) is 6.42 Å². The summed E-state index contributed by atoms with van der Waals surface area (Å²) in [5.74, 6) is 0.560. The summed E-state index contributed by atoms with van der Waals surface area (Å²) >= 11 is 0. The molecule has 1 aliphatic heterocycles. The van der Waals surface area contributed by atoms with Crippen LogP contribution in [0.2, 0.25) is 0 Å². The number of anilines is 2. The highest BCUT2D eigenvalue weighted by atomic mass is 16.6. The van der Waals surface area contributed by atoms with Gasteiger partial charge in [-0.3, -0.25) is 4.57 Å². The normalized spacial score (nSPS) is 27.7. The second kappa shape index (κ2) is 6.24. The fraction of sp³-hybridized carbons (Fsp3) is 0.615. The van der Waals surface area contributed by atoms with E-state index >= 15 is 0 Å². The average molecular weight is 324 g/mol. The molecule has 0 aliphatic carbocycles. The van der Waals surface area contributed by atoms with Crippen LogP contribution in [0, 0.1) is 0 Å². The molecule has 0 saturated carbocycles. The van der Waals surface area contributed by atoms with Crippen molar-refractivity contribution in [3.05, 3.63) is 6.33 Å². The van der Waals surface area contributed by atoms with Crippen molar-refractivity contribution < 1.29 is 20.1 Å². The van der Waals surface area contributed by atoms with Crippen molar-refractivity contribution >= 4 is 22.9 Å². The van der Waals surface area contributed by atoms with Gasteiger partial charge in [0, 0.05) is 6.54 Å². The molecule has 0 bridgehead atoms. The van der Waals surface area contributed by atoms with Gasteiger partial charge in [0.05, 0.1) is 12.9 Å². The molecular formula is C13H20N6O4. The molecule has 10 heteroatoms. The Morgan fingerprint density at radius 1 is 1.35 bits per heavy atom. The van der Waals surface area contributed by atoms with Gasteiger partial charge in [0.25, 0.3) is 0 Å². The lowest BCUT2D eigenvalue weighted by Crippen LogP contribution is -2.33. The smallest absolute Gasteiger partial charge is 0.224 e. The summed E-state index contributed by atoms with van der Waals surface area (Å²) in [6.07, 6.45) is -1.85. The second-order valence-electron chi connectivity index (χ2n) is 5.41. The van der Waals surface area contributed by atoms with Crippen LogP contribution < -0.4 is 11.1 Å². The summed E-state index contributed by atoms with van der Waals surface area (Å²) in [5, 5.41) is 32.3. The Bertz CT molecular complexity index is 692. The fourth-order valence-corrected chi connectivity index (χ4v) is 2.60. The first-order chi connectivity index (χ1) is 11.1. The Labute approximate surface area is 131 Å². The lowest BCUT2D eigenvalue weighted by molar-refractivity contribution is -0.0511. The van der Waals surface area contributed by atoms with Crippen LogP contribution in [-0.2, 0) is 4.74 Å². The molecular weight excluding hydrogens is 304 g/mol. The maximum atomic E-state index is 10.1. The van der Waals surface area contributed by atoms with E-state index in [-0.39, 0.29) is 5.95 Å². The van der Waals surface area contributed by atoms with Crippen LogP contribution >= 0.6 is 0 Å². The molecule has 3 heterocycles. The van der Waals surface area contributed by atoms with E-state index < -0.39 is 31.1 Å². The van der Waals surface area contributed by atoms with E-state index in [2.05, 4.69) is 20.3 Å². The highest BCUT2D eigenvalue weighted by Crippen LogP contribution is 2.32. The maximum absolute atomic E-state index is 10.1. The number of nitrogens with one attached hydrogen (secondary N) is 1. The predicted octanol–water partition coefficient (Wildman–Crippen LogP) is -1.16. The average Bonchev–Trinajstić information content (AvgIpc) is 3.07. The minimum atomic E-state index is -1.22. The van der Waals surface area contributed by atoms with Crippen LogP contribution in [-0.4, -0.2) is 66.3 Å². The summed E-state index contributed by atoms with van der Waals surface area (Å²) in [6.45, 7) is 2.32. The van der Waals surface area contributed by atoms with Crippen molar-refractivity contribution in [2.24, 2.45) is 0 Å². The van der Waals surface area contributed by atoms with Gasteiger partial charge in [-0.2, -0.15) is 9.97 Å². The first kappa shape index (κ1) is 15.9. The zero-order chi connectivity index (χ0) is 16.6. The Morgan fingerprint density at radius 3 is 2.78 bits per heavy atom. The van der Waals surface area contributed by atoms with Crippen LogP contribution in [0.15, 0.2) is 6.33 Å². The van der Waals surface area contributed by atoms with Crippen molar-refractivity contribution in [2.75, 3.05) is 24.2 Å². The van der Waals surface area contributed by atoms with Crippen LogP contribution in [0.5, 0.6) is 0 Å². The third-order valence-electron chi connectivity index (χ3n) is 3.77. The Kier molecular flexibility index (Phi) is 4.31. The molecule has 1 fully saturated rings. The topological polar surface area (TPSA) is 152 Å². The summed E-state index contributed by atoms with van der Waals surface area (Å²) in [5.41, 5.74) is 6.61. The van der Waals surface area contributed by atoms with E-state index in [0.29, 0.717) is 23.5 Å². The number of nitrogens with zero attached hydrogens (tertiary/aromatic N) is 4. The predicted molar refractivity (Wildman–Crippen MR) is 81.5 cm³/mol. The lowest BCUT2D eigenvalue weighted by atomic mass is 10.1. The number of imidazole rings is 1. The Hall–Kier alpha value is -2.01. The van der Waals surface area contributed by atoms with Crippen molar-refractivity contribution in [1.29, 1.82) is 0 Å². The van der Waals surface area contributed by atoms with Crippen molar-refractivity contribution in [3.63, 3.8) is 0 Å². The zero-order valence-electron chi connectivity index (χ0n) is 12.6. The summed E-state index contributed by atoms with van der Waals surface area (Å²) in [4.78, 5) is 12.5. The van der Waals surface area contributed by atoms with E-state index in [1.165, 1.54) is 10.9 Å². The SMILES string of the molecule is CCCNc1nc(N)nc2c1ncn2[C@@H]1O[C@H](CO)[C@H](O)[C@@H]1O. The molecule has 4 atom stereocenters. The number of aliphatic hydroxyl groups is 3. The number of aliphatic hydroxyl groups excluding tert-OH is 3. The van der Waals surface area contributed by atoms with Gasteiger partial charge in [-0.25, -0.2) is 4.98 Å². The molecule has 3 rings (SSSR count). The molecule has 0 spiro atoms. The quantitative estimate of drug-likeness (QED) is 0.458. The van der Waals surface area contributed by atoms with Gasteiger partial charge in [0.2, 0.25) is 5.95 Å². The standard InChI is InChI=1S/C13H20N6O4/c1-2-3-15-10-7-11(18-13(14)17-10)19(5-16-7)12-9(22)8(21)6(4-20)23-12/h5-6,8-9,12,20-22H,2-4H2,1H3,(H3,14,15,17,18)/t6-,8+,9+,12-/m1/s1. The summed E-state index contributed by atoms with van der Waals surface area (Å²) in [7, 11) is 0. The Morgan fingerprint density at radius 2 is 2.13 bits per heavy atom. The minimum absolute atomic E-state index is 0.0598. The van der Waals surface area contributed by atoms with Gasteiger partial charge in [0.15, 0.2) is 23.2 Å². The molecule has 6 N–H and O–H groups in total. The molecule has 0 unspecified atom stereocenters. The van der Waals surface area contributed by atoms with Gasteiger partial charge in [0.1, 0.15) is 18.3 Å². The number of hydrogen-bond donors (Lipinski definition) is 5. The molecule has 0 amide bonds. The number of rotatable bonds is 5. The number of nitrogen functional groups attached to an aromatic ring is 1. The molecule has 2 aromatic heterocycles. The highest BCUT2D eigenvalue weighted by Gasteiger charge is 2.44. The van der Waals surface area contributed by atoms with Gasteiger partial charge in [-0.1, -0.05) is 6.92 Å². The van der Waals surface area contributed by atoms with Gasteiger partial charge >= 0.3 is 0 Å². The van der Waals surface area contributed by atoms with Crippen molar-refractivity contribution in [3.8, 4) is 0 Å². The molecule has 126 valence electrons. The van der Waals surface area contributed by atoms with Gasteiger partial charge in [-0.15, -0.1) is 0 Å². The number of aromatic nitrogens is 4. The van der Waals surface area contributed by atoms with Crippen molar-refractivity contribution in [1.82, 2.24) is 19.5 Å². The summed E-state index contributed by atoms with van der Waals surface area (Å²) < 4.78 is 6.98. The van der Waals surface area contributed by atoms with Gasteiger partial charge in [-0.05, 0) is 6.42 Å². The van der Waals surface area contributed by atoms with Crippen LogP contribution in [0.4, 0.5) is 11.8 Å². The number of nitrogens with two attached hydrogens (primary N) is 1.